The van der Waals surface area contributed by atoms with Gasteiger partial charge in [0.1, 0.15) is 0 Å². The standard InChI is InChI=1S/C38H43ClFN3O5Si/c1-24-36(49(2,3)40)33(20-35(46)42-22-27-11-5-4-10-26(27)18-30(42)23-44)48-38(24)31-19-28(39)14-15-32(31)43(37(38)47)21-25-9-8-12-29(17-25)41-16-7-6-13-34(41)45/h4-5,8-12,14-15,17,19,24,30,33,36,44H,6-7,13,16,18,20-23H2,1-3H3/t24-,30+,33+,36-,38+/m1/s1. The van der Waals surface area contributed by atoms with E-state index in [2.05, 4.69) is 0 Å². The van der Waals surface area contributed by atoms with Gasteiger partial charge >= 0.3 is 0 Å². The number of rotatable bonds is 7. The molecule has 1 spiro atoms. The molecular weight excluding hydrogens is 661 g/mol. The van der Waals surface area contributed by atoms with Gasteiger partial charge in [0.15, 0.2) is 5.60 Å². The minimum atomic E-state index is -3.52. The summed E-state index contributed by atoms with van der Waals surface area (Å²) in [6.07, 6.45) is 1.92. The van der Waals surface area contributed by atoms with Crippen LogP contribution in [-0.4, -0.2) is 61.4 Å². The van der Waals surface area contributed by atoms with Crippen LogP contribution >= 0.6 is 11.6 Å². The van der Waals surface area contributed by atoms with Gasteiger partial charge in [-0.3, -0.25) is 14.4 Å². The van der Waals surface area contributed by atoms with Crippen molar-refractivity contribution in [2.24, 2.45) is 5.92 Å². The van der Waals surface area contributed by atoms with Crippen LogP contribution in [-0.2, 0) is 44.2 Å². The summed E-state index contributed by atoms with van der Waals surface area (Å²) in [5.74, 6) is -1.03. The topological polar surface area (TPSA) is 90.4 Å². The molecule has 3 amide bonds. The summed E-state index contributed by atoms with van der Waals surface area (Å²) >= 11 is 6.56. The number of fused-ring (bicyclic) bond motifs is 3. The molecule has 2 saturated heterocycles. The molecule has 11 heteroatoms. The van der Waals surface area contributed by atoms with Gasteiger partial charge in [-0.25, -0.2) is 0 Å². The van der Waals surface area contributed by atoms with Crippen LogP contribution in [0, 0.1) is 5.92 Å². The molecule has 3 aromatic carbocycles. The van der Waals surface area contributed by atoms with Crippen molar-refractivity contribution in [3.63, 3.8) is 0 Å². The molecule has 3 aromatic rings. The molecule has 0 unspecified atom stereocenters. The maximum atomic E-state index is 16.5. The third-order valence-corrected chi connectivity index (χ3v) is 13.8. The lowest BCUT2D eigenvalue weighted by atomic mass is 9.82. The van der Waals surface area contributed by atoms with Crippen LogP contribution in [0.4, 0.5) is 15.5 Å². The minimum Gasteiger partial charge on any atom is -0.394 e. The molecule has 4 aliphatic rings. The fraction of sp³-hybridized carbons (Fsp3) is 0.447. The number of nitrogens with zero attached hydrogens (tertiary/aromatic N) is 3. The normalized spacial score (nSPS) is 26.8. The maximum Gasteiger partial charge on any atom is 0.264 e. The number of halogens is 2. The quantitative estimate of drug-likeness (QED) is 0.224. The SMILES string of the molecule is C[C@@H]1[C@@H]([Si](C)(C)F)[C@H](CC(=O)N2Cc3ccccc3C[C@H]2CO)O[C@@]12C(=O)N(Cc1cccc(N3CCCCC3=O)c1)c1ccc(Cl)cc12. The van der Waals surface area contributed by atoms with E-state index in [0.29, 0.717) is 42.2 Å². The highest BCUT2D eigenvalue weighted by atomic mass is 35.5. The van der Waals surface area contributed by atoms with Crippen molar-refractivity contribution in [2.75, 3.05) is 23.0 Å². The lowest BCUT2D eigenvalue weighted by molar-refractivity contribution is -0.151. The average Bonchev–Trinajstić information content (AvgIpc) is 3.50. The summed E-state index contributed by atoms with van der Waals surface area (Å²) in [6, 6.07) is 20.5. The van der Waals surface area contributed by atoms with E-state index < -0.39 is 37.6 Å². The summed E-state index contributed by atoms with van der Waals surface area (Å²) in [6.45, 7) is 6.14. The zero-order valence-electron chi connectivity index (χ0n) is 28.2. The first-order valence-corrected chi connectivity index (χ1v) is 20.6. The molecule has 4 heterocycles. The number of carbonyl (C=O) groups excluding carboxylic acids is 3. The fourth-order valence-electron chi connectivity index (χ4n) is 8.79. The third-order valence-electron chi connectivity index (χ3n) is 11.1. The Labute approximate surface area is 293 Å². The Morgan fingerprint density at radius 2 is 1.84 bits per heavy atom. The number of hydrogen-bond donors (Lipinski definition) is 1. The van der Waals surface area contributed by atoms with Gasteiger partial charge in [0.2, 0.25) is 20.2 Å². The molecule has 0 saturated carbocycles. The van der Waals surface area contributed by atoms with Gasteiger partial charge in [-0.05, 0) is 79.4 Å². The number of hydrogen-bond acceptors (Lipinski definition) is 5. The second-order valence-electron chi connectivity index (χ2n) is 14.5. The van der Waals surface area contributed by atoms with Crippen molar-refractivity contribution in [2.45, 2.75) is 88.5 Å². The Morgan fingerprint density at radius 3 is 2.57 bits per heavy atom. The molecule has 4 aliphatic heterocycles. The molecule has 0 aliphatic carbocycles. The molecule has 0 bridgehead atoms. The number of piperidine rings is 1. The molecule has 7 rings (SSSR count). The van der Waals surface area contributed by atoms with E-state index >= 15 is 4.11 Å². The zero-order valence-corrected chi connectivity index (χ0v) is 30.0. The minimum absolute atomic E-state index is 0.0940. The van der Waals surface area contributed by atoms with Gasteiger partial charge in [0.05, 0.1) is 37.4 Å². The number of aliphatic hydroxyl groups is 1. The molecular formula is C38H43ClFN3O5Si. The number of benzene rings is 3. The van der Waals surface area contributed by atoms with E-state index in [4.69, 9.17) is 16.3 Å². The summed E-state index contributed by atoms with van der Waals surface area (Å²) in [7, 11) is -3.52. The number of carbonyl (C=O) groups is 3. The van der Waals surface area contributed by atoms with Gasteiger partial charge in [0, 0.05) is 47.2 Å². The number of anilines is 2. The van der Waals surface area contributed by atoms with Crippen molar-refractivity contribution >= 4 is 49.1 Å². The summed E-state index contributed by atoms with van der Waals surface area (Å²) in [5.41, 5.74) is 2.79. The first-order chi connectivity index (χ1) is 23.4. The van der Waals surface area contributed by atoms with Crippen LogP contribution in [0.25, 0.3) is 0 Å². The summed E-state index contributed by atoms with van der Waals surface area (Å²) in [5, 5.41) is 10.7. The van der Waals surface area contributed by atoms with E-state index in [1.165, 1.54) is 0 Å². The fourth-order valence-corrected chi connectivity index (χ4v) is 11.5. The lowest BCUT2D eigenvalue weighted by Gasteiger charge is -2.37. The molecule has 5 atom stereocenters. The van der Waals surface area contributed by atoms with Gasteiger partial charge < -0.3 is 28.7 Å². The number of ether oxygens (including phenoxy) is 1. The van der Waals surface area contributed by atoms with E-state index in [1.807, 2.05) is 55.5 Å². The Bertz CT molecular complexity index is 1800. The van der Waals surface area contributed by atoms with Crippen molar-refractivity contribution < 1.29 is 28.3 Å². The van der Waals surface area contributed by atoms with E-state index in [-0.39, 0.29) is 37.3 Å². The molecule has 0 radical (unpaired) electrons. The Hall–Kier alpha value is -3.57. The van der Waals surface area contributed by atoms with Crippen LogP contribution in [0.2, 0.25) is 23.7 Å². The summed E-state index contributed by atoms with van der Waals surface area (Å²) in [4.78, 5) is 46.8. The Kier molecular flexibility index (Phi) is 8.96. The van der Waals surface area contributed by atoms with Crippen molar-refractivity contribution in [3.05, 3.63) is 94.0 Å². The van der Waals surface area contributed by atoms with E-state index in [1.54, 1.807) is 46.0 Å². The first kappa shape index (κ1) is 33.9. The third kappa shape index (κ3) is 5.90. The highest BCUT2D eigenvalue weighted by Crippen LogP contribution is 2.60. The van der Waals surface area contributed by atoms with Crippen molar-refractivity contribution in [3.8, 4) is 0 Å². The highest BCUT2D eigenvalue weighted by molar-refractivity contribution is 6.72. The number of aliphatic hydroxyl groups excluding tert-OH is 1. The first-order valence-electron chi connectivity index (χ1n) is 17.3. The molecule has 2 fully saturated rings. The summed E-state index contributed by atoms with van der Waals surface area (Å²) < 4.78 is 23.3. The highest BCUT2D eigenvalue weighted by Gasteiger charge is 2.67. The zero-order chi connectivity index (χ0) is 34.7. The predicted octanol–water partition coefficient (Wildman–Crippen LogP) is 6.51. The van der Waals surface area contributed by atoms with Crippen LogP contribution < -0.4 is 9.80 Å². The smallest absolute Gasteiger partial charge is 0.264 e. The number of amides is 3. The van der Waals surface area contributed by atoms with Crippen LogP contribution in [0.5, 0.6) is 0 Å². The largest absolute Gasteiger partial charge is 0.394 e. The molecule has 1 N–H and O–H groups in total. The molecule has 0 aromatic heterocycles. The predicted molar refractivity (Wildman–Crippen MR) is 190 cm³/mol. The average molecular weight is 704 g/mol. The van der Waals surface area contributed by atoms with Gasteiger partial charge in [-0.15, -0.1) is 0 Å². The Morgan fingerprint density at radius 1 is 1.06 bits per heavy atom. The second kappa shape index (κ2) is 13.0. The molecule has 258 valence electrons. The molecule has 49 heavy (non-hydrogen) atoms. The van der Waals surface area contributed by atoms with Gasteiger partial charge in [-0.2, -0.15) is 0 Å². The Balaban J connectivity index is 1.21. The van der Waals surface area contributed by atoms with Crippen molar-refractivity contribution in [1.29, 1.82) is 0 Å². The monoisotopic (exact) mass is 703 g/mol. The lowest BCUT2D eigenvalue weighted by Crippen LogP contribution is -2.48. The van der Waals surface area contributed by atoms with E-state index in [9.17, 15) is 19.5 Å². The van der Waals surface area contributed by atoms with Crippen molar-refractivity contribution in [1.82, 2.24) is 4.90 Å². The maximum absolute atomic E-state index is 16.5. The molecule has 8 nitrogen and oxygen atoms in total. The second-order valence-corrected chi connectivity index (χ2v) is 18.8. The van der Waals surface area contributed by atoms with Gasteiger partial charge in [0.25, 0.3) is 5.91 Å². The van der Waals surface area contributed by atoms with Gasteiger partial charge in [-0.1, -0.05) is 54.9 Å². The van der Waals surface area contributed by atoms with E-state index in [0.717, 1.165) is 35.2 Å². The van der Waals surface area contributed by atoms with Crippen LogP contribution in [0.3, 0.4) is 0 Å². The van der Waals surface area contributed by atoms with Crippen LogP contribution in [0.15, 0.2) is 66.7 Å². The van der Waals surface area contributed by atoms with Crippen LogP contribution in [0.1, 0.15) is 54.9 Å².